The predicted octanol–water partition coefficient (Wildman–Crippen LogP) is 1.58. The van der Waals surface area contributed by atoms with E-state index in [1.165, 1.54) is 27.6 Å². The minimum atomic E-state index is -1.90. The Balaban J connectivity index is 2.31. The van der Waals surface area contributed by atoms with Gasteiger partial charge >= 0.3 is 17.9 Å². The van der Waals surface area contributed by atoms with Crippen LogP contribution >= 0.6 is 0 Å². The van der Waals surface area contributed by atoms with E-state index in [2.05, 4.69) is 5.32 Å². The molecule has 8 nitrogen and oxygen atoms in total. The number of esters is 3. The molecule has 0 spiro atoms. The van der Waals surface area contributed by atoms with Crippen molar-refractivity contribution < 1.29 is 33.0 Å². The first kappa shape index (κ1) is 19.6. The summed E-state index contributed by atoms with van der Waals surface area (Å²) >= 11 is 0. The summed E-state index contributed by atoms with van der Waals surface area (Å²) in [5, 5.41) is 3.08. The first-order valence-electron chi connectivity index (χ1n) is 8.61. The van der Waals surface area contributed by atoms with E-state index in [0.717, 1.165) is 0 Å². The lowest BCUT2D eigenvalue weighted by Crippen LogP contribution is -2.49. The van der Waals surface area contributed by atoms with Crippen LogP contribution in [0, 0.1) is 5.41 Å². The average Bonchev–Trinajstić information content (AvgIpc) is 3.38. The number of carbonyl (C=O) groups excluding carboxylic acids is 3. The molecule has 148 valence electrons. The van der Waals surface area contributed by atoms with E-state index in [1.54, 1.807) is 42.5 Å². The second-order valence-corrected chi connectivity index (χ2v) is 6.36. The third-order valence-corrected chi connectivity index (χ3v) is 5.11. The van der Waals surface area contributed by atoms with Crippen LogP contribution in [0.5, 0.6) is 0 Å². The molecule has 3 atom stereocenters. The molecule has 1 aromatic carbocycles. The SMILES string of the molecule is COC(=O)[C@@H]1N[C@H](c2ccccc2)C(C(=O)OC)(C(=O)OC)[C@H]1c1ccco1. The molecular formula is C20H21NO7. The van der Waals surface area contributed by atoms with E-state index in [-0.39, 0.29) is 5.76 Å². The molecule has 1 saturated heterocycles. The van der Waals surface area contributed by atoms with E-state index >= 15 is 0 Å². The van der Waals surface area contributed by atoms with E-state index in [4.69, 9.17) is 18.6 Å². The molecule has 0 radical (unpaired) electrons. The minimum Gasteiger partial charge on any atom is -0.469 e. The lowest BCUT2D eigenvalue weighted by atomic mass is 9.68. The van der Waals surface area contributed by atoms with Gasteiger partial charge in [-0.15, -0.1) is 0 Å². The van der Waals surface area contributed by atoms with Gasteiger partial charge in [-0.1, -0.05) is 30.3 Å². The number of hydrogen-bond acceptors (Lipinski definition) is 8. The highest BCUT2D eigenvalue weighted by molar-refractivity contribution is 6.04. The third kappa shape index (κ3) is 2.86. The van der Waals surface area contributed by atoms with Gasteiger partial charge in [-0.05, 0) is 17.7 Å². The Bertz CT molecular complexity index is 831. The molecule has 0 saturated carbocycles. The Morgan fingerprint density at radius 3 is 2.07 bits per heavy atom. The van der Waals surface area contributed by atoms with Crippen molar-refractivity contribution in [3.05, 3.63) is 60.1 Å². The van der Waals surface area contributed by atoms with Gasteiger partial charge in [-0.3, -0.25) is 19.7 Å². The largest absolute Gasteiger partial charge is 0.469 e. The first-order chi connectivity index (χ1) is 13.5. The van der Waals surface area contributed by atoms with Gasteiger partial charge in [0.1, 0.15) is 11.8 Å². The Morgan fingerprint density at radius 2 is 1.57 bits per heavy atom. The number of carbonyl (C=O) groups is 3. The van der Waals surface area contributed by atoms with Gasteiger partial charge < -0.3 is 18.6 Å². The third-order valence-electron chi connectivity index (χ3n) is 5.11. The lowest BCUT2D eigenvalue weighted by Gasteiger charge is -2.33. The summed E-state index contributed by atoms with van der Waals surface area (Å²) < 4.78 is 20.5. The van der Waals surface area contributed by atoms with Gasteiger partial charge in [0.25, 0.3) is 0 Å². The topological polar surface area (TPSA) is 104 Å². The zero-order chi connectivity index (χ0) is 20.3. The van der Waals surface area contributed by atoms with E-state index in [1.807, 2.05) is 0 Å². The fourth-order valence-corrected chi connectivity index (χ4v) is 3.95. The number of benzene rings is 1. The number of rotatable bonds is 5. The highest BCUT2D eigenvalue weighted by atomic mass is 16.5. The van der Waals surface area contributed by atoms with E-state index in [0.29, 0.717) is 5.56 Å². The standard InChI is InChI=1S/C20H21NO7/c1-25-17(22)15-14(13-10-7-11-28-13)20(18(23)26-2,19(24)27-3)16(21-15)12-8-5-4-6-9-12/h4-11,14-16,21H,1-3H3/t14-,15+,16+/m0/s1. The Labute approximate surface area is 161 Å². The van der Waals surface area contributed by atoms with Crippen molar-refractivity contribution in [2.45, 2.75) is 18.0 Å². The summed E-state index contributed by atoms with van der Waals surface area (Å²) in [4.78, 5) is 38.8. The maximum atomic E-state index is 13.1. The molecule has 0 amide bonds. The van der Waals surface area contributed by atoms with Crippen molar-refractivity contribution in [1.82, 2.24) is 5.32 Å². The maximum Gasteiger partial charge on any atom is 0.326 e. The van der Waals surface area contributed by atoms with Crippen LogP contribution in [0.2, 0.25) is 0 Å². The molecule has 3 rings (SSSR count). The van der Waals surface area contributed by atoms with Crippen molar-refractivity contribution in [2.75, 3.05) is 21.3 Å². The van der Waals surface area contributed by atoms with Crippen LogP contribution < -0.4 is 5.32 Å². The van der Waals surface area contributed by atoms with Gasteiger partial charge in [0, 0.05) is 0 Å². The second-order valence-electron chi connectivity index (χ2n) is 6.36. The van der Waals surface area contributed by atoms with E-state index in [9.17, 15) is 14.4 Å². The number of hydrogen-bond donors (Lipinski definition) is 1. The second kappa shape index (κ2) is 7.85. The fraction of sp³-hybridized carbons (Fsp3) is 0.350. The Hall–Kier alpha value is -3.13. The molecule has 0 unspecified atom stereocenters. The normalized spacial score (nSPS) is 23.0. The molecule has 2 aromatic rings. The van der Waals surface area contributed by atoms with Crippen LogP contribution in [0.25, 0.3) is 0 Å². The average molecular weight is 387 g/mol. The zero-order valence-electron chi connectivity index (χ0n) is 15.7. The van der Waals surface area contributed by atoms with Crippen LogP contribution in [-0.4, -0.2) is 45.3 Å². The maximum absolute atomic E-state index is 13.1. The molecule has 1 aliphatic heterocycles. The van der Waals surface area contributed by atoms with Crippen molar-refractivity contribution in [2.24, 2.45) is 5.41 Å². The molecule has 0 bridgehead atoms. The summed E-state index contributed by atoms with van der Waals surface area (Å²) in [5.41, 5.74) is -1.29. The number of furan rings is 1. The van der Waals surface area contributed by atoms with Crippen LogP contribution in [-0.2, 0) is 28.6 Å². The quantitative estimate of drug-likeness (QED) is 0.469. The van der Waals surface area contributed by atoms with Gasteiger partial charge in [0.15, 0.2) is 5.41 Å². The molecule has 28 heavy (non-hydrogen) atoms. The van der Waals surface area contributed by atoms with Crippen molar-refractivity contribution >= 4 is 17.9 Å². The summed E-state index contributed by atoms with van der Waals surface area (Å²) in [6.07, 6.45) is 1.40. The lowest BCUT2D eigenvalue weighted by molar-refractivity contribution is -0.172. The molecule has 8 heteroatoms. The highest BCUT2D eigenvalue weighted by Gasteiger charge is 2.69. The fourth-order valence-electron chi connectivity index (χ4n) is 3.95. The number of ether oxygens (including phenoxy) is 3. The minimum absolute atomic E-state index is 0.261. The summed E-state index contributed by atoms with van der Waals surface area (Å²) in [6, 6.07) is 10.1. The highest BCUT2D eigenvalue weighted by Crippen LogP contribution is 2.54. The first-order valence-corrected chi connectivity index (χ1v) is 8.61. The van der Waals surface area contributed by atoms with Crippen molar-refractivity contribution in [3.8, 4) is 0 Å². The zero-order valence-corrected chi connectivity index (χ0v) is 15.7. The summed E-state index contributed by atoms with van der Waals surface area (Å²) in [5.74, 6) is -3.10. The molecule has 2 heterocycles. The molecule has 0 aliphatic carbocycles. The van der Waals surface area contributed by atoms with Gasteiger partial charge in [-0.2, -0.15) is 0 Å². The van der Waals surface area contributed by atoms with Crippen LogP contribution in [0.15, 0.2) is 53.1 Å². The monoisotopic (exact) mass is 387 g/mol. The number of methoxy groups -OCH3 is 3. The van der Waals surface area contributed by atoms with Crippen LogP contribution in [0.4, 0.5) is 0 Å². The summed E-state index contributed by atoms with van der Waals surface area (Å²) in [7, 11) is 3.59. The summed E-state index contributed by atoms with van der Waals surface area (Å²) in [6.45, 7) is 0. The smallest absolute Gasteiger partial charge is 0.326 e. The van der Waals surface area contributed by atoms with Gasteiger partial charge in [-0.25, -0.2) is 0 Å². The van der Waals surface area contributed by atoms with E-state index < -0.39 is 41.3 Å². The molecular weight excluding hydrogens is 366 g/mol. The Kier molecular flexibility index (Phi) is 5.51. The molecule has 1 aromatic heterocycles. The molecule has 1 fully saturated rings. The van der Waals surface area contributed by atoms with Crippen LogP contribution in [0.3, 0.4) is 0 Å². The number of nitrogens with one attached hydrogen (secondary N) is 1. The molecule has 1 aliphatic rings. The van der Waals surface area contributed by atoms with Gasteiger partial charge in [0.05, 0.1) is 39.6 Å². The van der Waals surface area contributed by atoms with Gasteiger partial charge in [0.2, 0.25) is 0 Å². The van der Waals surface area contributed by atoms with Crippen molar-refractivity contribution in [1.29, 1.82) is 0 Å². The molecule has 1 N–H and O–H groups in total. The Morgan fingerprint density at radius 1 is 0.929 bits per heavy atom. The van der Waals surface area contributed by atoms with Crippen molar-refractivity contribution in [3.63, 3.8) is 0 Å². The van der Waals surface area contributed by atoms with Crippen LogP contribution in [0.1, 0.15) is 23.3 Å². The predicted molar refractivity (Wildman–Crippen MR) is 96.0 cm³/mol.